The van der Waals surface area contributed by atoms with Crippen LogP contribution >= 0.6 is 0 Å². The summed E-state index contributed by atoms with van der Waals surface area (Å²) in [5.74, 6) is -0.0772. The number of carbonyl (C=O) groups excluding carboxylic acids is 1. The lowest BCUT2D eigenvalue weighted by atomic mass is 9.99. The van der Waals surface area contributed by atoms with E-state index in [2.05, 4.69) is 20.8 Å². The highest BCUT2D eigenvalue weighted by molar-refractivity contribution is 5.74. The molecule has 2 amide bonds. The molecule has 0 atom stereocenters. The SMILES string of the molecule is Cc1noc(CNC(=O)NC(C)(C)CCC(=O)O)n1. The third-order valence-electron chi connectivity index (χ3n) is 2.39. The maximum atomic E-state index is 11.6. The normalized spacial score (nSPS) is 11.1. The van der Waals surface area contributed by atoms with Crippen LogP contribution in [0, 0.1) is 6.92 Å². The van der Waals surface area contributed by atoms with Gasteiger partial charge in [-0.05, 0) is 27.2 Å². The minimum atomic E-state index is -0.892. The number of nitrogens with one attached hydrogen (secondary N) is 2. The Hall–Kier alpha value is -2.12. The first-order valence-corrected chi connectivity index (χ1v) is 5.85. The number of carbonyl (C=O) groups is 2. The Labute approximate surface area is 110 Å². The molecule has 0 saturated carbocycles. The number of aromatic nitrogens is 2. The van der Waals surface area contributed by atoms with Crippen molar-refractivity contribution in [1.29, 1.82) is 0 Å². The van der Waals surface area contributed by atoms with E-state index in [0.29, 0.717) is 18.1 Å². The summed E-state index contributed by atoms with van der Waals surface area (Å²) in [6.45, 7) is 5.32. The minimum Gasteiger partial charge on any atom is -0.481 e. The van der Waals surface area contributed by atoms with Crippen molar-refractivity contribution in [2.24, 2.45) is 0 Å². The van der Waals surface area contributed by atoms with E-state index in [1.807, 2.05) is 0 Å². The largest absolute Gasteiger partial charge is 0.481 e. The lowest BCUT2D eigenvalue weighted by Gasteiger charge is -2.25. The average Bonchev–Trinajstić information content (AvgIpc) is 2.69. The Morgan fingerprint density at radius 3 is 2.63 bits per heavy atom. The fourth-order valence-corrected chi connectivity index (χ4v) is 1.40. The molecule has 0 aliphatic carbocycles. The van der Waals surface area contributed by atoms with Gasteiger partial charge in [0.15, 0.2) is 5.82 Å². The molecule has 0 saturated heterocycles. The number of amides is 2. The van der Waals surface area contributed by atoms with Crippen LogP contribution in [-0.2, 0) is 11.3 Å². The van der Waals surface area contributed by atoms with Gasteiger partial charge in [-0.25, -0.2) is 4.79 Å². The van der Waals surface area contributed by atoms with Crippen molar-refractivity contribution in [1.82, 2.24) is 20.8 Å². The van der Waals surface area contributed by atoms with Crippen molar-refractivity contribution in [2.45, 2.75) is 45.7 Å². The van der Waals surface area contributed by atoms with E-state index in [4.69, 9.17) is 9.63 Å². The maximum absolute atomic E-state index is 11.6. The molecule has 8 nitrogen and oxygen atoms in total. The second-order valence-electron chi connectivity index (χ2n) is 4.82. The second-order valence-corrected chi connectivity index (χ2v) is 4.82. The highest BCUT2D eigenvalue weighted by atomic mass is 16.5. The summed E-state index contributed by atoms with van der Waals surface area (Å²) in [5.41, 5.74) is -0.604. The fourth-order valence-electron chi connectivity index (χ4n) is 1.40. The van der Waals surface area contributed by atoms with E-state index in [9.17, 15) is 9.59 Å². The predicted octanol–water partition coefficient (Wildman–Crippen LogP) is 0.821. The standard InChI is InChI=1S/C11H18N4O4/c1-7-13-8(19-15-7)6-12-10(18)14-11(2,3)5-4-9(16)17/h4-6H2,1-3H3,(H,16,17)(H2,12,14,18). The van der Waals surface area contributed by atoms with Gasteiger partial charge in [0.25, 0.3) is 0 Å². The van der Waals surface area contributed by atoms with Crippen LogP contribution < -0.4 is 10.6 Å². The third kappa shape index (κ3) is 5.84. The third-order valence-corrected chi connectivity index (χ3v) is 2.39. The smallest absolute Gasteiger partial charge is 0.315 e. The van der Waals surface area contributed by atoms with Crippen LogP contribution in [0.15, 0.2) is 4.52 Å². The van der Waals surface area contributed by atoms with E-state index < -0.39 is 17.5 Å². The molecule has 0 aromatic carbocycles. The van der Waals surface area contributed by atoms with Gasteiger partial charge in [-0.1, -0.05) is 5.16 Å². The van der Waals surface area contributed by atoms with E-state index in [0.717, 1.165) is 0 Å². The molecular weight excluding hydrogens is 252 g/mol. The summed E-state index contributed by atoms with van der Waals surface area (Å²) >= 11 is 0. The number of aryl methyl sites for hydroxylation is 1. The number of carboxylic acid groups (broad SMARTS) is 1. The molecule has 1 heterocycles. The predicted molar refractivity (Wildman–Crippen MR) is 65.4 cm³/mol. The van der Waals surface area contributed by atoms with Crippen molar-refractivity contribution in [2.75, 3.05) is 0 Å². The van der Waals surface area contributed by atoms with Crippen LogP contribution in [-0.4, -0.2) is 32.8 Å². The highest BCUT2D eigenvalue weighted by Gasteiger charge is 2.21. The van der Waals surface area contributed by atoms with E-state index >= 15 is 0 Å². The summed E-state index contributed by atoms with van der Waals surface area (Å²) in [7, 11) is 0. The summed E-state index contributed by atoms with van der Waals surface area (Å²) in [4.78, 5) is 26.1. The van der Waals surface area contributed by atoms with Crippen molar-refractivity contribution in [3.05, 3.63) is 11.7 Å². The van der Waals surface area contributed by atoms with Crippen LogP contribution in [0.5, 0.6) is 0 Å². The fraction of sp³-hybridized carbons (Fsp3) is 0.636. The molecule has 0 aliphatic heterocycles. The Morgan fingerprint density at radius 1 is 1.42 bits per heavy atom. The number of hydrogen-bond donors (Lipinski definition) is 3. The molecule has 0 bridgehead atoms. The Kier molecular flexibility index (Phi) is 4.85. The molecule has 0 aliphatic rings. The van der Waals surface area contributed by atoms with Crippen molar-refractivity contribution in [3.8, 4) is 0 Å². The highest BCUT2D eigenvalue weighted by Crippen LogP contribution is 2.10. The van der Waals surface area contributed by atoms with Gasteiger partial charge in [-0.2, -0.15) is 4.98 Å². The van der Waals surface area contributed by atoms with Crippen LogP contribution in [0.1, 0.15) is 38.4 Å². The van der Waals surface area contributed by atoms with Gasteiger partial charge in [-0.3, -0.25) is 4.79 Å². The van der Waals surface area contributed by atoms with Crippen molar-refractivity contribution in [3.63, 3.8) is 0 Å². The van der Waals surface area contributed by atoms with Crippen molar-refractivity contribution >= 4 is 12.0 Å². The van der Waals surface area contributed by atoms with E-state index in [-0.39, 0.29) is 13.0 Å². The number of hydrogen-bond acceptors (Lipinski definition) is 5. The molecule has 0 unspecified atom stereocenters. The van der Waals surface area contributed by atoms with Crippen LogP contribution in [0.25, 0.3) is 0 Å². The second kappa shape index (κ2) is 6.17. The molecule has 106 valence electrons. The first kappa shape index (κ1) is 14.9. The molecule has 1 aromatic heterocycles. The summed E-state index contributed by atoms with van der Waals surface area (Å²) < 4.78 is 4.84. The lowest BCUT2D eigenvalue weighted by molar-refractivity contribution is -0.137. The van der Waals surface area contributed by atoms with Gasteiger partial charge < -0.3 is 20.3 Å². The van der Waals surface area contributed by atoms with Gasteiger partial charge in [0.05, 0.1) is 6.54 Å². The molecule has 0 fully saturated rings. The van der Waals surface area contributed by atoms with E-state index in [1.54, 1.807) is 20.8 Å². The number of urea groups is 1. The summed E-state index contributed by atoms with van der Waals surface area (Å²) in [6.07, 6.45) is 0.339. The van der Waals surface area contributed by atoms with Crippen molar-refractivity contribution < 1.29 is 19.2 Å². The molecule has 8 heteroatoms. The van der Waals surface area contributed by atoms with Gasteiger partial charge in [0, 0.05) is 12.0 Å². The molecule has 19 heavy (non-hydrogen) atoms. The van der Waals surface area contributed by atoms with Gasteiger partial charge in [-0.15, -0.1) is 0 Å². The first-order chi connectivity index (χ1) is 8.78. The van der Waals surface area contributed by atoms with Gasteiger partial charge in [0.1, 0.15) is 0 Å². The average molecular weight is 270 g/mol. The quantitative estimate of drug-likeness (QED) is 0.704. The zero-order valence-corrected chi connectivity index (χ0v) is 11.2. The molecule has 1 rings (SSSR count). The zero-order valence-electron chi connectivity index (χ0n) is 11.2. The van der Waals surface area contributed by atoms with E-state index in [1.165, 1.54) is 0 Å². The minimum absolute atomic E-state index is 0.00384. The van der Waals surface area contributed by atoms with Crippen LogP contribution in [0.2, 0.25) is 0 Å². The molecule has 0 radical (unpaired) electrons. The van der Waals surface area contributed by atoms with Crippen LogP contribution in [0.3, 0.4) is 0 Å². The molecule has 3 N–H and O–H groups in total. The van der Waals surface area contributed by atoms with Gasteiger partial charge >= 0.3 is 12.0 Å². The summed E-state index contributed by atoms with van der Waals surface area (Å²) in [5, 5.41) is 17.5. The Morgan fingerprint density at radius 2 is 2.11 bits per heavy atom. The molecular formula is C11H18N4O4. The number of rotatable bonds is 6. The monoisotopic (exact) mass is 270 g/mol. The number of carboxylic acids is 1. The summed E-state index contributed by atoms with van der Waals surface area (Å²) in [6, 6.07) is -0.411. The maximum Gasteiger partial charge on any atom is 0.315 e. The number of aliphatic carboxylic acids is 1. The lowest BCUT2D eigenvalue weighted by Crippen LogP contribution is -2.48. The topological polar surface area (TPSA) is 117 Å². The van der Waals surface area contributed by atoms with Crippen LogP contribution in [0.4, 0.5) is 4.79 Å². The van der Waals surface area contributed by atoms with Gasteiger partial charge in [0.2, 0.25) is 5.89 Å². The Bertz CT molecular complexity index is 455. The zero-order chi connectivity index (χ0) is 14.5. The molecule has 1 aromatic rings. The molecule has 0 spiro atoms. The first-order valence-electron chi connectivity index (χ1n) is 5.85. The Balaban J connectivity index is 2.35. The number of nitrogens with zero attached hydrogens (tertiary/aromatic N) is 2.